The summed E-state index contributed by atoms with van der Waals surface area (Å²) in [5.74, 6) is -0.227. The Morgan fingerprint density at radius 1 is 1.06 bits per heavy atom. The fourth-order valence-corrected chi connectivity index (χ4v) is 5.05. The largest absolute Gasteiger partial charge is 0.497 e. The predicted octanol–water partition coefficient (Wildman–Crippen LogP) is 4.16. The number of nitrogens with zero attached hydrogens (tertiary/aromatic N) is 2. The Bertz CT molecular complexity index is 1180. The molecule has 0 saturated carbocycles. The second-order valence-corrected chi connectivity index (χ2v) is 8.80. The molecule has 2 aliphatic rings. The molecule has 1 saturated heterocycles. The summed E-state index contributed by atoms with van der Waals surface area (Å²) in [6.07, 6.45) is 0.584. The van der Waals surface area contributed by atoms with Gasteiger partial charge in [0.25, 0.3) is 0 Å². The van der Waals surface area contributed by atoms with Gasteiger partial charge in [-0.15, -0.1) is 0 Å². The maximum atomic E-state index is 14.1. The van der Waals surface area contributed by atoms with Crippen LogP contribution < -0.4 is 19.9 Å². The molecule has 3 aromatic carbocycles. The quantitative estimate of drug-likeness (QED) is 0.617. The smallest absolute Gasteiger partial charge is 0.225 e. The molecule has 3 aromatic rings. The number of hydrogen-bond acceptors (Lipinski definition) is 4. The second kappa shape index (κ2) is 9.33. The van der Waals surface area contributed by atoms with Crippen LogP contribution >= 0.6 is 0 Å². The summed E-state index contributed by atoms with van der Waals surface area (Å²) in [5, 5.41) is 2.96. The molecule has 5 rings (SSSR count). The Morgan fingerprint density at radius 3 is 2.62 bits per heavy atom. The first-order chi connectivity index (χ1) is 16.5. The predicted molar refractivity (Wildman–Crippen MR) is 128 cm³/mol. The van der Waals surface area contributed by atoms with Crippen molar-refractivity contribution in [1.82, 2.24) is 5.32 Å². The highest BCUT2D eigenvalue weighted by molar-refractivity contribution is 5.82. The highest BCUT2D eigenvalue weighted by atomic mass is 19.1. The Balaban J connectivity index is 1.42. The van der Waals surface area contributed by atoms with Crippen LogP contribution in [0.2, 0.25) is 0 Å². The van der Waals surface area contributed by atoms with Crippen molar-refractivity contribution in [2.45, 2.75) is 19.0 Å². The molecule has 1 fully saturated rings. The fourth-order valence-electron chi connectivity index (χ4n) is 5.05. The van der Waals surface area contributed by atoms with Gasteiger partial charge in [-0.05, 0) is 48.4 Å². The molecular formula is C27H27F2N3O2. The van der Waals surface area contributed by atoms with E-state index in [1.165, 1.54) is 18.2 Å². The lowest BCUT2D eigenvalue weighted by atomic mass is 9.83. The van der Waals surface area contributed by atoms with Crippen molar-refractivity contribution in [1.29, 1.82) is 0 Å². The van der Waals surface area contributed by atoms with Crippen LogP contribution in [0, 0.1) is 17.6 Å². The number of carbonyl (C=O) groups excluding carboxylic acids is 1. The SMILES string of the molecule is COc1ccc2c(c1)N1CCN(c3ccc(F)cc3)C[C@H]1[C@@H](C(=O)NCc1ccccc1F)C2. The van der Waals surface area contributed by atoms with Gasteiger partial charge in [0, 0.05) is 49.2 Å². The number of halogens is 2. The number of methoxy groups -OCH3 is 1. The first-order valence-electron chi connectivity index (χ1n) is 11.5. The van der Waals surface area contributed by atoms with Crippen molar-refractivity contribution in [3.8, 4) is 5.75 Å². The third-order valence-electron chi connectivity index (χ3n) is 6.86. The standard InChI is InChI=1S/C27H27F2N3O2/c1-34-22-11-6-18-14-23(27(33)30-16-19-4-2-3-5-24(19)29)26-17-31(12-13-32(26)25(18)15-22)21-9-7-20(28)8-10-21/h2-11,15,23,26H,12-14,16-17H2,1H3,(H,30,33)/t23-,26-/m0/s1. The van der Waals surface area contributed by atoms with Gasteiger partial charge >= 0.3 is 0 Å². The van der Waals surface area contributed by atoms with Crippen LogP contribution in [-0.4, -0.2) is 38.7 Å². The van der Waals surface area contributed by atoms with E-state index in [-0.39, 0.29) is 36.0 Å². The van der Waals surface area contributed by atoms with E-state index >= 15 is 0 Å². The number of rotatable bonds is 5. The van der Waals surface area contributed by atoms with Gasteiger partial charge in [0.05, 0.1) is 19.1 Å². The molecule has 34 heavy (non-hydrogen) atoms. The van der Waals surface area contributed by atoms with Crippen LogP contribution in [0.1, 0.15) is 11.1 Å². The first kappa shape index (κ1) is 22.2. The van der Waals surface area contributed by atoms with Crippen LogP contribution in [0.4, 0.5) is 20.2 Å². The molecule has 2 heterocycles. The number of hydrogen-bond donors (Lipinski definition) is 1. The van der Waals surface area contributed by atoms with Gasteiger partial charge in [0.2, 0.25) is 5.91 Å². The first-order valence-corrected chi connectivity index (χ1v) is 11.5. The lowest BCUT2D eigenvalue weighted by molar-refractivity contribution is -0.126. The van der Waals surface area contributed by atoms with E-state index in [4.69, 9.17) is 4.74 Å². The van der Waals surface area contributed by atoms with Gasteiger partial charge in [-0.3, -0.25) is 4.79 Å². The van der Waals surface area contributed by atoms with Crippen molar-refractivity contribution in [3.05, 3.63) is 89.5 Å². The van der Waals surface area contributed by atoms with Crippen LogP contribution in [-0.2, 0) is 17.8 Å². The van der Waals surface area contributed by atoms with Gasteiger partial charge < -0.3 is 19.9 Å². The van der Waals surface area contributed by atoms with Crippen LogP contribution in [0.25, 0.3) is 0 Å². The number of piperazine rings is 1. The number of carbonyl (C=O) groups is 1. The summed E-state index contributed by atoms with van der Waals surface area (Å²) >= 11 is 0. The highest BCUT2D eigenvalue weighted by Crippen LogP contribution is 2.39. The normalized spacial score (nSPS) is 19.3. The molecule has 2 aliphatic heterocycles. The van der Waals surface area contributed by atoms with Crippen molar-refractivity contribution >= 4 is 17.3 Å². The molecule has 1 amide bonds. The number of fused-ring (bicyclic) bond motifs is 3. The molecule has 5 nitrogen and oxygen atoms in total. The zero-order valence-corrected chi connectivity index (χ0v) is 19.0. The van der Waals surface area contributed by atoms with E-state index in [2.05, 4.69) is 15.1 Å². The summed E-state index contributed by atoms with van der Waals surface area (Å²) < 4.78 is 33.0. The van der Waals surface area contributed by atoms with E-state index in [1.807, 2.05) is 18.2 Å². The number of anilines is 2. The minimum atomic E-state index is -0.328. The Kier molecular flexibility index (Phi) is 6.09. The third-order valence-corrected chi connectivity index (χ3v) is 6.86. The minimum Gasteiger partial charge on any atom is -0.497 e. The van der Waals surface area contributed by atoms with Gasteiger partial charge in [0.15, 0.2) is 0 Å². The third kappa shape index (κ3) is 4.30. The molecule has 0 aliphatic carbocycles. The van der Waals surface area contributed by atoms with E-state index < -0.39 is 0 Å². The molecule has 0 unspecified atom stereocenters. The average Bonchev–Trinajstić information content (AvgIpc) is 2.87. The number of nitrogens with one attached hydrogen (secondary N) is 1. The van der Waals surface area contributed by atoms with E-state index in [9.17, 15) is 13.6 Å². The maximum absolute atomic E-state index is 14.1. The van der Waals surface area contributed by atoms with E-state index in [0.29, 0.717) is 18.5 Å². The molecule has 0 aromatic heterocycles. The summed E-state index contributed by atoms with van der Waals surface area (Å²) in [7, 11) is 1.65. The van der Waals surface area contributed by atoms with Crippen LogP contribution in [0.15, 0.2) is 66.7 Å². The summed E-state index contributed by atoms with van der Waals surface area (Å²) in [6, 6.07) is 18.8. The maximum Gasteiger partial charge on any atom is 0.225 e. The van der Waals surface area contributed by atoms with Crippen molar-refractivity contribution in [3.63, 3.8) is 0 Å². The minimum absolute atomic E-state index is 0.0842. The molecule has 0 bridgehead atoms. The fraction of sp³-hybridized carbons (Fsp3) is 0.296. The summed E-state index contributed by atoms with van der Waals surface area (Å²) in [6.45, 7) is 2.24. The Hall–Kier alpha value is -3.61. The van der Waals surface area contributed by atoms with Gasteiger partial charge in [-0.1, -0.05) is 24.3 Å². The zero-order valence-electron chi connectivity index (χ0n) is 19.0. The highest BCUT2D eigenvalue weighted by Gasteiger charge is 2.41. The lowest BCUT2D eigenvalue weighted by Crippen LogP contribution is -2.61. The summed E-state index contributed by atoms with van der Waals surface area (Å²) in [5.41, 5.74) is 3.58. The van der Waals surface area contributed by atoms with E-state index in [0.717, 1.165) is 35.8 Å². The summed E-state index contributed by atoms with van der Waals surface area (Å²) in [4.78, 5) is 17.9. The molecule has 2 atom stereocenters. The van der Waals surface area contributed by atoms with Crippen molar-refractivity contribution in [2.75, 3.05) is 36.5 Å². The Morgan fingerprint density at radius 2 is 1.85 bits per heavy atom. The van der Waals surface area contributed by atoms with E-state index in [1.54, 1.807) is 37.4 Å². The van der Waals surface area contributed by atoms with Gasteiger partial charge in [0.1, 0.15) is 17.4 Å². The van der Waals surface area contributed by atoms with Gasteiger partial charge in [-0.2, -0.15) is 0 Å². The second-order valence-electron chi connectivity index (χ2n) is 8.80. The molecule has 0 radical (unpaired) electrons. The molecule has 7 heteroatoms. The molecule has 0 spiro atoms. The van der Waals surface area contributed by atoms with Crippen LogP contribution in [0.5, 0.6) is 5.75 Å². The molecule has 176 valence electrons. The van der Waals surface area contributed by atoms with Crippen molar-refractivity contribution < 1.29 is 18.3 Å². The van der Waals surface area contributed by atoms with Gasteiger partial charge in [-0.25, -0.2) is 8.78 Å². The van der Waals surface area contributed by atoms with Crippen LogP contribution in [0.3, 0.4) is 0 Å². The lowest BCUT2D eigenvalue weighted by Gasteiger charge is -2.49. The monoisotopic (exact) mass is 463 g/mol. The zero-order chi connectivity index (χ0) is 23.7. The average molecular weight is 464 g/mol. The number of ether oxygens (including phenoxy) is 1. The molecular weight excluding hydrogens is 436 g/mol. The Labute approximate surface area is 197 Å². The molecule has 1 N–H and O–H groups in total. The number of benzene rings is 3. The topological polar surface area (TPSA) is 44.8 Å². The number of amides is 1. The van der Waals surface area contributed by atoms with Crippen molar-refractivity contribution in [2.24, 2.45) is 5.92 Å².